The lowest BCUT2D eigenvalue weighted by molar-refractivity contribution is -0.0761. The minimum atomic E-state index is -0.491. The number of nitrogens with zero attached hydrogens (tertiary/aromatic N) is 2. The average molecular weight is 714 g/mol. The molecule has 4 aliphatic rings. The molecule has 0 radical (unpaired) electrons. The fraction of sp³-hybridized carbons (Fsp3) is 0.364. The number of aliphatic imine (C=N–C) groups is 2. The third-order valence-corrected chi connectivity index (χ3v) is 12.6. The molecule has 1 heterocycles. The monoisotopic (exact) mass is 713 g/mol. The van der Waals surface area contributed by atoms with Crippen molar-refractivity contribution in [2.75, 3.05) is 13.2 Å². The predicted octanol–water partition coefficient (Wildman–Crippen LogP) is 7.40. The molecule has 5 atom stereocenters. The highest BCUT2D eigenvalue weighted by Gasteiger charge is 2.62. The summed E-state index contributed by atoms with van der Waals surface area (Å²) in [5.74, 6) is -0.629. The Balaban J connectivity index is 1.00. The summed E-state index contributed by atoms with van der Waals surface area (Å²) < 4.78 is 0. The van der Waals surface area contributed by atoms with E-state index >= 15 is 0 Å². The minimum absolute atomic E-state index is 0.113. The Kier molecular flexibility index (Phi) is 9.25. The summed E-state index contributed by atoms with van der Waals surface area (Å²) >= 11 is 0. The summed E-state index contributed by atoms with van der Waals surface area (Å²) in [7, 11) is 0. The first-order chi connectivity index (χ1) is 25.7. The van der Waals surface area contributed by atoms with Crippen LogP contribution in [-0.2, 0) is 19.4 Å². The van der Waals surface area contributed by atoms with Crippen LogP contribution in [-0.4, -0.2) is 61.9 Å². The summed E-state index contributed by atoms with van der Waals surface area (Å²) in [6.07, 6.45) is 17.2. The summed E-state index contributed by atoms with van der Waals surface area (Å²) in [4.78, 5) is 9.37. The van der Waals surface area contributed by atoms with Crippen molar-refractivity contribution in [1.29, 1.82) is 0 Å². The van der Waals surface area contributed by atoms with E-state index in [4.69, 9.17) is 4.99 Å². The second-order valence-electron chi connectivity index (χ2n) is 15.4. The van der Waals surface area contributed by atoms with Crippen LogP contribution in [0, 0.1) is 22.7 Å². The number of allylic oxidation sites excluding steroid dienone is 1. The molecule has 5 unspecified atom stereocenters. The number of benzene rings is 4. The molecule has 3 aliphatic carbocycles. The lowest BCUT2D eigenvalue weighted by Gasteiger charge is -2.58. The van der Waals surface area contributed by atoms with Gasteiger partial charge < -0.3 is 36.0 Å². The molecule has 9 heteroatoms. The maximum absolute atomic E-state index is 11.6. The van der Waals surface area contributed by atoms with E-state index in [0.29, 0.717) is 54.0 Å². The first-order valence-electron chi connectivity index (χ1n) is 18.8. The number of rotatable bonds is 10. The first kappa shape index (κ1) is 34.9. The van der Waals surface area contributed by atoms with E-state index in [-0.39, 0.29) is 50.9 Å². The van der Waals surface area contributed by atoms with E-state index in [1.807, 2.05) is 12.3 Å². The third kappa shape index (κ3) is 6.15. The second kappa shape index (κ2) is 14.0. The van der Waals surface area contributed by atoms with Crippen LogP contribution in [0.15, 0.2) is 82.8 Å². The van der Waals surface area contributed by atoms with Crippen LogP contribution in [0.2, 0.25) is 0 Å². The van der Waals surface area contributed by atoms with Crippen molar-refractivity contribution in [3.05, 3.63) is 101 Å². The smallest absolute Gasteiger partial charge is 0.169 e. The number of hydrogen-bond acceptors (Lipinski definition) is 9. The summed E-state index contributed by atoms with van der Waals surface area (Å²) in [6.45, 7) is 1.86. The summed E-state index contributed by atoms with van der Waals surface area (Å²) in [5, 5.41) is 68.6. The van der Waals surface area contributed by atoms with Gasteiger partial charge in [-0.2, -0.15) is 0 Å². The van der Waals surface area contributed by atoms with Gasteiger partial charge in [0, 0.05) is 36.2 Å². The van der Waals surface area contributed by atoms with Gasteiger partial charge in [-0.1, -0.05) is 79.6 Å². The van der Waals surface area contributed by atoms with Crippen molar-refractivity contribution < 1.29 is 30.6 Å². The van der Waals surface area contributed by atoms with E-state index < -0.39 is 6.10 Å². The average Bonchev–Trinajstić information content (AvgIpc) is 3.85. The molecule has 2 fully saturated rings. The highest BCUT2D eigenvalue weighted by atomic mass is 16.3. The van der Waals surface area contributed by atoms with Crippen molar-refractivity contribution >= 4 is 34.9 Å². The largest absolute Gasteiger partial charge is 0.507 e. The topological polar surface area (TPSA) is 158 Å². The van der Waals surface area contributed by atoms with E-state index in [1.54, 1.807) is 30.4 Å². The van der Waals surface area contributed by atoms with E-state index in [2.05, 4.69) is 40.7 Å². The molecule has 1 spiro atoms. The first-order valence-corrected chi connectivity index (χ1v) is 18.8. The molecular formula is C44H47N3O6. The Bertz CT molecular complexity index is 2160. The fourth-order valence-corrected chi connectivity index (χ4v) is 10.2. The molecule has 274 valence electrons. The SMILES string of the molecule is Oc1ccc(C=Cc2c(CCc3ccc(CNCC4(C5=NCN=C5)CCCC56CCCC5C=CC(O)C46)cc3)c(O)c(O)c3c(O)cccc23)cc1O. The van der Waals surface area contributed by atoms with E-state index in [1.165, 1.54) is 31.0 Å². The lowest BCUT2D eigenvalue weighted by atomic mass is 9.47. The predicted molar refractivity (Wildman–Crippen MR) is 209 cm³/mol. The number of fused-ring (bicyclic) bond motifs is 1. The Labute approximate surface area is 309 Å². The highest BCUT2D eigenvalue weighted by Crippen LogP contribution is 2.64. The van der Waals surface area contributed by atoms with Crippen LogP contribution in [0.5, 0.6) is 28.7 Å². The zero-order chi connectivity index (χ0) is 36.7. The second-order valence-corrected chi connectivity index (χ2v) is 15.4. The molecule has 0 bridgehead atoms. The van der Waals surface area contributed by atoms with Crippen molar-refractivity contribution in [3.63, 3.8) is 0 Å². The van der Waals surface area contributed by atoms with Gasteiger partial charge in [0.25, 0.3) is 0 Å². The summed E-state index contributed by atoms with van der Waals surface area (Å²) in [5.41, 5.74) is 4.89. The Morgan fingerprint density at radius 3 is 2.40 bits per heavy atom. The highest BCUT2D eigenvalue weighted by molar-refractivity contribution is 6.34. The number of aliphatic hydroxyl groups excluding tert-OH is 1. The molecule has 9 nitrogen and oxygen atoms in total. The summed E-state index contributed by atoms with van der Waals surface area (Å²) in [6, 6.07) is 17.9. The lowest BCUT2D eigenvalue weighted by Crippen LogP contribution is -2.60. The Morgan fingerprint density at radius 1 is 0.792 bits per heavy atom. The quantitative estimate of drug-likeness (QED) is 0.0513. The number of phenols is 5. The van der Waals surface area contributed by atoms with Gasteiger partial charge >= 0.3 is 0 Å². The Morgan fingerprint density at radius 2 is 1.60 bits per heavy atom. The molecule has 2 saturated carbocycles. The zero-order valence-electron chi connectivity index (χ0n) is 29.7. The van der Waals surface area contributed by atoms with Gasteiger partial charge in [-0.3, -0.25) is 9.98 Å². The maximum atomic E-state index is 11.6. The molecule has 4 aromatic carbocycles. The molecular weight excluding hydrogens is 666 g/mol. The molecule has 0 amide bonds. The minimum Gasteiger partial charge on any atom is -0.507 e. The number of phenolic OH excluding ortho intramolecular Hbond substituents is 5. The van der Waals surface area contributed by atoms with Crippen molar-refractivity contribution in [2.45, 2.75) is 64.0 Å². The van der Waals surface area contributed by atoms with Crippen molar-refractivity contribution in [3.8, 4) is 28.7 Å². The molecule has 7 N–H and O–H groups in total. The molecule has 4 aromatic rings. The van der Waals surface area contributed by atoms with Gasteiger partial charge in [0.1, 0.15) is 12.4 Å². The zero-order valence-corrected chi connectivity index (χ0v) is 29.7. The molecule has 8 rings (SSSR count). The number of hydrogen-bond donors (Lipinski definition) is 7. The van der Waals surface area contributed by atoms with Gasteiger partial charge in [-0.25, -0.2) is 0 Å². The van der Waals surface area contributed by atoms with Gasteiger partial charge in [0.15, 0.2) is 23.0 Å². The van der Waals surface area contributed by atoms with Crippen LogP contribution in [0.3, 0.4) is 0 Å². The van der Waals surface area contributed by atoms with E-state index in [9.17, 15) is 30.6 Å². The number of nitrogens with one attached hydrogen (secondary N) is 1. The number of aliphatic hydroxyl groups is 1. The fourth-order valence-electron chi connectivity index (χ4n) is 10.2. The normalized spacial score (nSPS) is 26.3. The van der Waals surface area contributed by atoms with Crippen LogP contribution < -0.4 is 5.32 Å². The molecule has 0 aromatic heterocycles. The van der Waals surface area contributed by atoms with E-state index in [0.717, 1.165) is 49.1 Å². The number of aryl methyl sites for hydroxylation is 1. The third-order valence-electron chi connectivity index (χ3n) is 12.6. The number of aromatic hydroxyl groups is 5. The van der Waals surface area contributed by atoms with Gasteiger partial charge in [-0.15, -0.1) is 0 Å². The van der Waals surface area contributed by atoms with Crippen LogP contribution >= 0.6 is 0 Å². The molecule has 0 saturated heterocycles. The standard InChI is InChI=1S/C44H47N3O6/c48-34-17-13-28(22-37(34)51)12-15-31-32-5-1-6-35(49)39(32)41(53)40(52)33(31)16-11-27-7-9-29(10-8-27)23-45-25-44(38-24-46-26-47-38)21-3-20-43-19-2-4-30(43)14-18-36(50)42(43)44/h1,5-10,12-15,17-18,22,24,30,36,42,45,48-53H,2-4,11,16,19-21,23,25-26H2. The van der Waals surface area contributed by atoms with Gasteiger partial charge in [0.2, 0.25) is 0 Å². The van der Waals surface area contributed by atoms with Crippen molar-refractivity contribution in [2.24, 2.45) is 32.7 Å². The van der Waals surface area contributed by atoms with Crippen LogP contribution in [0.4, 0.5) is 0 Å². The van der Waals surface area contributed by atoms with Gasteiger partial charge in [0.05, 0.1) is 17.2 Å². The van der Waals surface area contributed by atoms with Crippen molar-refractivity contribution in [1.82, 2.24) is 5.32 Å². The maximum Gasteiger partial charge on any atom is 0.169 e. The Hall–Kier alpha value is -5.12. The van der Waals surface area contributed by atoms with Gasteiger partial charge in [-0.05, 0) is 95.7 Å². The molecule has 1 aliphatic heterocycles. The van der Waals surface area contributed by atoms with Crippen LogP contribution in [0.25, 0.3) is 22.9 Å². The molecule has 53 heavy (non-hydrogen) atoms. The van der Waals surface area contributed by atoms with Crippen LogP contribution in [0.1, 0.15) is 66.3 Å².